The molecule has 0 atom stereocenters. The quantitative estimate of drug-likeness (QED) is 0.186. The van der Waals surface area contributed by atoms with Crippen LogP contribution in [-0.2, 0) is 0 Å². The van der Waals surface area contributed by atoms with Gasteiger partial charge in [0.05, 0.1) is 22.2 Å². The molecule has 0 N–H and O–H groups in total. The topological polar surface area (TPSA) is 30.7 Å². The molecule has 0 bridgehead atoms. The van der Waals surface area contributed by atoms with E-state index < -0.39 is 0 Å². The van der Waals surface area contributed by atoms with Crippen molar-refractivity contribution in [3.8, 4) is 17.2 Å². The van der Waals surface area contributed by atoms with Crippen molar-refractivity contribution in [1.29, 1.82) is 0 Å². The minimum absolute atomic E-state index is 0.272. The molecule has 210 valence electrons. The fourth-order valence-electron chi connectivity index (χ4n) is 7.10. The zero-order valence-corrected chi connectivity index (χ0v) is 24.6. The molecule has 0 fully saturated rings. The monoisotopic (exact) mass is 595 g/mol. The summed E-state index contributed by atoms with van der Waals surface area (Å²) in [6.45, 7) is 0. The molecule has 3 nitrogen and oxygen atoms in total. The smallest absolute Gasteiger partial charge is 0.235 e. The molecule has 0 amide bonds. The van der Waals surface area contributed by atoms with Gasteiger partial charge in [-0.1, -0.05) is 84.9 Å². The molecule has 0 unspecified atom stereocenters. The van der Waals surface area contributed by atoms with Crippen molar-refractivity contribution in [3.05, 3.63) is 139 Å². The van der Waals surface area contributed by atoms with Crippen molar-refractivity contribution in [2.45, 2.75) is 0 Å². The van der Waals surface area contributed by atoms with Gasteiger partial charge in [0, 0.05) is 47.3 Å². The van der Waals surface area contributed by atoms with Crippen LogP contribution in [0.1, 0.15) is 0 Å². The summed E-state index contributed by atoms with van der Waals surface area (Å²) in [5.41, 5.74) is 4.58. The van der Waals surface area contributed by atoms with E-state index in [9.17, 15) is 4.39 Å². The lowest BCUT2D eigenvalue weighted by molar-refractivity contribution is 0.628. The number of nitrogens with zero attached hydrogens (tertiary/aromatic N) is 3. The van der Waals surface area contributed by atoms with Gasteiger partial charge in [-0.15, -0.1) is 11.3 Å². The summed E-state index contributed by atoms with van der Waals surface area (Å²) in [6, 6.07) is 45.3. The number of hydrogen-bond donors (Lipinski definition) is 0. The number of benzene rings is 7. The van der Waals surface area contributed by atoms with Crippen molar-refractivity contribution in [1.82, 2.24) is 14.5 Å². The van der Waals surface area contributed by atoms with Crippen LogP contribution in [0, 0.1) is 5.82 Å². The molecule has 0 radical (unpaired) electrons. The minimum Gasteiger partial charge on any atom is -0.277 e. The third-order valence-electron chi connectivity index (χ3n) is 9.08. The third-order valence-corrected chi connectivity index (χ3v) is 10.2. The van der Waals surface area contributed by atoms with Gasteiger partial charge in [0.15, 0.2) is 0 Å². The molecule has 3 heterocycles. The molecule has 45 heavy (non-hydrogen) atoms. The van der Waals surface area contributed by atoms with E-state index in [4.69, 9.17) is 9.97 Å². The first-order valence-corrected chi connectivity index (χ1v) is 15.8. The first kappa shape index (κ1) is 24.8. The van der Waals surface area contributed by atoms with E-state index in [0.717, 1.165) is 49.4 Å². The highest BCUT2D eigenvalue weighted by Crippen LogP contribution is 2.43. The Bertz CT molecular complexity index is 2830. The van der Waals surface area contributed by atoms with E-state index in [2.05, 4.69) is 89.5 Å². The Kier molecular flexibility index (Phi) is 5.05. The van der Waals surface area contributed by atoms with Crippen molar-refractivity contribution in [2.75, 3.05) is 0 Å². The van der Waals surface area contributed by atoms with Gasteiger partial charge in [0.25, 0.3) is 0 Å². The largest absolute Gasteiger partial charge is 0.277 e. The van der Waals surface area contributed by atoms with E-state index in [1.54, 1.807) is 12.1 Å². The predicted octanol–water partition coefficient (Wildman–Crippen LogP) is 11.2. The van der Waals surface area contributed by atoms with Gasteiger partial charge in [0.2, 0.25) is 5.95 Å². The third kappa shape index (κ3) is 3.50. The second-order valence-corrected chi connectivity index (χ2v) is 12.6. The zero-order chi connectivity index (χ0) is 29.6. The number of thiophene rings is 1. The highest BCUT2D eigenvalue weighted by atomic mass is 32.1. The van der Waals surface area contributed by atoms with Crippen molar-refractivity contribution in [3.63, 3.8) is 0 Å². The van der Waals surface area contributed by atoms with E-state index >= 15 is 0 Å². The summed E-state index contributed by atoms with van der Waals surface area (Å²) < 4.78 is 18.7. The molecule has 10 rings (SSSR count). The normalized spacial score (nSPS) is 12.1. The summed E-state index contributed by atoms with van der Waals surface area (Å²) in [4.78, 5) is 10.3. The van der Waals surface area contributed by atoms with Crippen LogP contribution >= 0.6 is 11.3 Å². The molecule has 0 saturated heterocycles. The SMILES string of the molecule is Fc1ccc(-c2nc(-n3c4ccccc4c4ccc5c6ccc7sc8ccccc8c7c6ccc5c43)nc3ccccc23)cc1. The van der Waals surface area contributed by atoms with Crippen LogP contribution in [0.25, 0.3) is 91.6 Å². The Morgan fingerprint density at radius 1 is 0.489 bits per heavy atom. The molecular formula is C40H22FN3S. The first-order chi connectivity index (χ1) is 22.2. The second kappa shape index (κ2) is 9.18. The van der Waals surface area contributed by atoms with Gasteiger partial charge in [-0.3, -0.25) is 4.57 Å². The number of rotatable bonds is 2. The Balaban J connectivity index is 1.34. The van der Waals surface area contributed by atoms with Gasteiger partial charge in [-0.2, -0.15) is 0 Å². The van der Waals surface area contributed by atoms with Crippen molar-refractivity contribution >= 4 is 85.8 Å². The molecule has 10 aromatic rings. The maximum absolute atomic E-state index is 13.9. The van der Waals surface area contributed by atoms with Gasteiger partial charge < -0.3 is 0 Å². The van der Waals surface area contributed by atoms with Crippen LogP contribution in [0.3, 0.4) is 0 Å². The lowest BCUT2D eigenvalue weighted by Crippen LogP contribution is -2.03. The summed E-state index contributed by atoms with van der Waals surface area (Å²) in [6.07, 6.45) is 0. The first-order valence-electron chi connectivity index (χ1n) is 14.9. The second-order valence-electron chi connectivity index (χ2n) is 11.5. The summed E-state index contributed by atoms with van der Waals surface area (Å²) >= 11 is 1.85. The van der Waals surface area contributed by atoms with Crippen LogP contribution in [0.5, 0.6) is 0 Å². The van der Waals surface area contributed by atoms with Crippen LogP contribution in [-0.4, -0.2) is 14.5 Å². The molecule has 0 aliphatic carbocycles. The molecule has 0 saturated carbocycles. The number of hydrogen-bond acceptors (Lipinski definition) is 3. The number of para-hydroxylation sites is 2. The standard InChI is InChI=1S/C40H22FN3S/c41-24-15-13-23(14-16-24)38-31-8-1-4-10-33(31)42-40(43-38)44-34-11-5-2-7-27(34)30-19-17-26-25-21-22-36-37(28(25)18-20-29(26)39(30)44)32-9-3-6-12-35(32)45-36/h1-22H. The van der Waals surface area contributed by atoms with E-state index in [1.807, 2.05) is 35.6 Å². The highest BCUT2D eigenvalue weighted by molar-refractivity contribution is 7.26. The zero-order valence-electron chi connectivity index (χ0n) is 23.8. The maximum Gasteiger partial charge on any atom is 0.235 e. The summed E-state index contributed by atoms with van der Waals surface area (Å²) in [7, 11) is 0. The number of fused-ring (bicyclic) bond motifs is 12. The Morgan fingerprint density at radius 3 is 2.00 bits per heavy atom. The fraction of sp³-hybridized carbons (Fsp3) is 0. The van der Waals surface area contributed by atoms with Crippen molar-refractivity contribution in [2.24, 2.45) is 0 Å². The predicted molar refractivity (Wildman–Crippen MR) is 187 cm³/mol. The maximum atomic E-state index is 13.9. The van der Waals surface area contributed by atoms with E-state index in [1.165, 1.54) is 48.5 Å². The lowest BCUT2D eigenvalue weighted by Gasteiger charge is -2.13. The fourth-order valence-corrected chi connectivity index (χ4v) is 8.23. The molecule has 0 spiro atoms. The number of aromatic nitrogens is 3. The Labute approximate surface area is 260 Å². The average molecular weight is 596 g/mol. The van der Waals surface area contributed by atoms with E-state index in [0.29, 0.717) is 5.95 Å². The molecule has 0 aliphatic heterocycles. The van der Waals surface area contributed by atoms with Crippen LogP contribution < -0.4 is 0 Å². The summed E-state index contributed by atoms with van der Waals surface area (Å²) in [5.74, 6) is 0.317. The molecule has 3 aromatic heterocycles. The lowest BCUT2D eigenvalue weighted by atomic mass is 9.97. The van der Waals surface area contributed by atoms with Gasteiger partial charge in [0.1, 0.15) is 5.82 Å². The molecule has 0 aliphatic rings. The molecule has 5 heteroatoms. The van der Waals surface area contributed by atoms with Gasteiger partial charge in [-0.05, 0) is 64.7 Å². The average Bonchev–Trinajstić information content (AvgIpc) is 3.64. The van der Waals surface area contributed by atoms with Gasteiger partial charge in [-0.25, -0.2) is 14.4 Å². The highest BCUT2D eigenvalue weighted by Gasteiger charge is 2.20. The van der Waals surface area contributed by atoms with Crippen LogP contribution in [0.4, 0.5) is 4.39 Å². The number of halogens is 1. The van der Waals surface area contributed by atoms with Crippen molar-refractivity contribution < 1.29 is 4.39 Å². The van der Waals surface area contributed by atoms with E-state index in [-0.39, 0.29) is 5.82 Å². The Morgan fingerprint density at radius 2 is 1.13 bits per heavy atom. The van der Waals surface area contributed by atoms with Gasteiger partial charge >= 0.3 is 0 Å². The minimum atomic E-state index is -0.272. The van der Waals surface area contributed by atoms with Crippen LogP contribution in [0.15, 0.2) is 133 Å². The van der Waals surface area contributed by atoms with Crippen LogP contribution in [0.2, 0.25) is 0 Å². The Hall–Kier alpha value is -5.65. The summed E-state index contributed by atoms with van der Waals surface area (Å²) in [5, 5.41) is 10.7. The molecular weight excluding hydrogens is 574 g/mol. The molecule has 7 aromatic carbocycles.